The van der Waals surface area contributed by atoms with Crippen molar-refractivity contribution in [3.8, 4) is 0 Å². The second-order valence-corrected chi connectivity index (χ2v) is 5.79. The lowest BCUT2D eigenvalue weighted by molar-refractivity contribution is 0.0606. The van der Waals surface area contributed by atoms with Gasteiger partial charge in [-0.1, -0.05) is 32.1 Å². The van der Waals surface area contributed by atoms with Crippen LogP contribution in [0.3, 0.4) is 0 Å². The Morgan fingerprint density at radius 2 is 2.25 bits per heavy atom. The monoisotopic (exact) mass is 242 g/mol. The normalized spacial score (nSPS) is 11.2. The van der Waals surface area contributed by atoms with Crippen molar-refractivity contribution in [2.75, 3.05) is 19.0 Å². The maximum atomic E-state index is 11.2. The molecule has 0 aliphatic carbocycles. The second kappa shape index (κ2) is 5.30. The summed E-state index contributed by atoms with van der Waals surface area (Å²) in [6.45, 7) is 7.43. The summed E-state index contributed by atoms with van der Waals surface area (Å²) in [6, 6.07) is 0. The topological polar surface area (TPSA) is 51.2 Å². The Morgan fingerprint density at radius 1 is 1.56 bits per heavy atom. The van der Waals surface area contributed by atoms with Crippen LogP contribution in [0.15, 0.2) is 6.20 Å². The van der Waals surface area contributed by atoms with Gasteiger partial charge in [0.15, 0.2) is 5.13 Å². The van der Waals surface area contributed by atoms with Gasteiger partial charge in [0.05, 0.1) is 13.3 Å². The number of ether oxygens (including phenoxy) is 1. The number of esters is 1. The number of carbonyl (C=O) groups excluding carboxylic acids is 1. The lowest BCUT2D eigenvalue weighted by Gasteiger charge is -2.17. The van der Waals surface area contributed by atoms with Gasteiger partial charge in [0, 0.05) is 6.54 Å². The Balaban J connectivity index is 2.44. The standard InChI is InChI=1S/C11H18N2O2S/c1-11(2,3)5-6-12-10-13-7-8(16-10)9(14)15-4/h7H,5-6H2,1-4H3,(H,12,13). The van der Waals surface area contributed by atoms with Crippen LogP contribution in [0.2, 0.25) is 0 Å². The van der Waals surface area contributed by atoms with Gasteiger partial charge in [0.25, 0.3) is 0 Å². The van der Waals surface area contributed by atoms with Gasteiger partial charge < -0.3 is 10.1 Å². The van der Waals surface area contributed by atoms with E-state index < -0.39 is 0 Å². The molecule has 1 heterocycles. The molecule has 1 aromatic heterocycles. The molecule has 90 valence electrons. The molecule has 0 aromatic carbocycles. The third-order valence-corrected chi connectivity index (χ3v) is 2.98. The molecule has 0 aliphatic heterocycles. The zero-order valence-electron chi connectivity index (χ0n) is 10.2. The number of nitrogens with one attached hydrogen (secondary N) is 1. The minimum absolute atomic E-state index is 0.301. The van der Waals surface area contributed by atoms with Crippen LogP contribution >= 0.6 is 11.3 Å². The molecule has 0 amide bonds. The van der Waals surface area contributed by atoms with Crippen LogP contribution in [0, 0.1) is 5.41 Å². The van der Waals surface area contributed by atoms with Crippen molar-refractivity contribution >= 4 is 22.4 Å². The number of anilines is 1. The van der Waals surface area contributed by atoms with Crippen LogP contribution in [0.25, 0.3) is 0 Å². The number of thiazole rings is 1. The summed E-state index contributed by atoms with van der Waals surface area (Å²) in [5, 5.41) is 3.97. The van der Waals surface area contributed by atoms with E-state index in [1.165, 1.54) is 24.6 Å². The number of aromatic nitrogens is 1. The Morgan fingerprint density at radius 3 is 2.81 bits per heavy atom. The first-order valence-electron chi connectivity index (χ1n) is 5.20. The Bertz CT molecular complexity index is 355. The third-order valence-electron chi connectivity index (χ3n) is 2.04. The van der Waals surface area contributed by atoms with E-state index in [9.17, 15) is 4.79 Å². The molecule has 16 heavy (non-hydrogen) atoms. The summed E-state index contributed by atoms with van der Waals surface area (Å²) in [6.07, 6.45) is 2.59. The smallest absolute Gasteiger partial charge is 0.349 e. The Kier molecular flexibility index (Phi) is 4.29. The highest BCUT2D eigenvalue weighted by Gasteiger charge is 2.12. The zero-order valence-corrected chi connectivity index (χ0v) is 11.0. The number of nitrogens with zero attached hydrogens (tertiary/aromatic N) is 1. The van der Waals surface area contributed by atoms with E-state index in [2.05, 4.69) is 35.8 Å². The first-order valence-corrected chi connectivity index (χ1v) is 6.02. The second-order valence-electron chi connectivity index (χ2n) is 4.76. The van der Waals surface area contributed by atoms with E-state index in [1.54, 1.807) is 0 Å². The maximum absolute atomic E-state index is 11.2. The first kappa shape index (κ1) is 13.0. The van der Waals surface area contributed by atoms with Crippen LogP contribution in [0.5, 0.6) is 0 Å². The fourth-order valence-electron chi connectivity index (χ4n) is 1.10. The van der Waals surface area contributed by atoms with Gasteiger partial charge in [-0.2, -0.15) is 0 Å². The molecule has 0 radical (unpaired) electrons. The SMILES string of the molecule is COC(=O)c1cnc(NCCC(C)(C)C)s1. The van der Waals surface area contributed by atoms with Crippen molar-refractivity contribution in [1.82, 2.24) is 4.98 Å². The zero-order chi connectivity index (χ0) is 12.2. The lowest BCUT2D eigenvalue weighted by atomic mass is 9.92. The van der Waals surface area contributed by atoms with E-state index >= 15 is 0 Å². The predicted molar refractivity (Wildman–Crippen MR) is 66.0 cm³/mol. The summed E-state index contributed by atoms with van der Waals surface area (Å²) in [7, 11) is 1.37. The van der Waals surface area contributed by atoms with E-state index in [-0.39, 0.29) is 5.97 Å². The highest BCUT2D eigenvalue weighted by atomic mass is 32.1. The van der Waals surface area contributed by atoms with Gasteiger partial charge in [0.1, 0.15) is 4.88 Å². The summed E-state index contributed by atoms with van der Waals surface area (Å²) in [4.78, 5) is 15.8. The van der Waals surface area contributed by atoms with Crippen molar-refractivity contribution in [3.63, 3.8) is 0 Å². The number of methoxy groups -OCH3 is 1. The van der Waals surface area contributed by atoms with Crippen molar-refractivity contribution < 1.29 is 9.53 Å². The van der Waals surface area contributed by atoms with Crippen LogP contribution in [-0.2, 0) is 4.74 Å². The minimum Gasteiger partial charge on any atom is -0.465 e. The highest BCUT2D eigenvalue weighted by Crippen LogP contribution is 2.21. The molecular weight excluding hydrogens is 224 g/mol. The van der Waals surface area contributed by atoms with Crippen LogP contribution in [0.1, 0.15) is 36.9 Å². The van der Waals surface area contributed by atoms with E-state index in [0.29, 0.717) is 10.3 Å². The fraction of sp³-hybridized carbons (Fsp3) is 0.636. The lowest BCUT2D eigenvalue weighted by Crippen LogP contribution is -2.12. The van der Waals surface area contributed by atoms with Gasteiger partial charge in [-0.25, -0.2) is 9.78 Å². The number of carbonyl (C=O) groups is 1. The van der Waals surface area contributed by atoms with Gasteiger partial charge in [0.2, 0.25) is 0 Å². The van der Waals surface area contributed by atoms with Crippen molar-refractivity contribution in [2.45, 2.75) is 27.2 Å². The first-order chi connectivity index (χ1) is 7.42. The molecule has 1 N–H and O–H groups in total. The third kappa shape index (κ3) is 4.18. The molecule has 0 saturated heterocycles. The molecule has 1 aromatic rings. The summed E-state index contributed by atoms with van der Waals surface area (Å²) >= 11 is 1.32. The molecule has 0 aliphatic rings. The largest absolute Gasteiger partial charge is 0.465 e. The molecule has 1 rings (SSSR count). The summed E-state index contributed by atoms with van der Waals surface area (Å²) in [5.41, 5.74) is 0.301. The average molecular weight is 242 g/mol. The van der Waals surface area contributed by atoms with E-state index in [0.717, 1.165) is 18.1 Å². The van der Waals surface area contributed by atoms with Crippen molar-refractivity contribution in [2.24, 2.45) is 5.41 Å². The molecule has 0 atom stereocenters. The number of hydrogen-bond donors (Lipinski definition) is 1. The molecule has 0 spiro atoms. The van der Waals surface area contributed by atoms with Crippen molar-refractivity contribution in [1.29, 1.82) is 0 Å². The number of hydrogen-bond acceptors (Lipinski definition) is 5. The Hall–Kier alpha value is -1.10. The Labute approximate surface area is 100 Å². The minimum atomic E-state index is -0.332. The molecule has 0 unspecified atom stereocenters. The molecule has 5 heteroatoms. The quantitative estimate of drug-likeness (QED) is 0.825. The van der Waals surface area contributed by atoms with E-state index in [4.69, 9.17) is 0 Å². The predicted octanol–water partition coefficient (Wildman–Crippen LogP) is 2.78. The highest BCUT2D eigenvalue weighted by molar-refractivity contribution is 7.17. The van der Waals surface area contributed by atoms with Crippen LogP contribution < -0.4 is 5.32 Å². The molecule has 0 saturated carbocycles. The average Bonchev–Trinajstić information content (AvgIpc) is 2.63. The van der Waals surface area contributed by atoms with Crippen LogP contribution in [-0.4, -0.2) is 24.6 Å². The molecular formula is C11H18N2O2S. The number of rotatable bonds is 4. The summed E-state index contributed by atoms with van der Waals surface area (Å²) < 4.78 is 4.61. The van der Waals surface area contributed by atoms with Gasteiger partial charge in [-0.3, -0.25) is 0 Å². The summed E-state index contributed by atoms with van der Waals surface area (Å²) in [5.74, 6) is -0.332. The van der Waals surface area contributed by atoms with Crippen LogP contribution in [0.4, 0.5) is 5.13 Å². The van der Waals surface area contributed by atoms with Gasteiger partial charge in [-0.05, 0) is 11.8 Å². The van der Waals surface area contributed by atoms with Gasteiger partial charge in [-0.15, -0.1) is 0 Å². The maximum Gasteiger partial charge on any atom is 0.349 e. The fourth-order valence-corrected chi connectivity index (χ4v) is 1.86. The molecule has 0 fully saturated rings. The van der Waals surface area contributed by atoms with Crippen molar-refractivity contribution in [3.05, 3.63) is 11.1 Å². The van der Waals surface area contributed by atoms with Gasteiger partial charge >= 0.3 is 5.97 Å². The van der Waals surface area contributed by atoms with E-state index in [1.807, 2.05) is 0 Å². The molecule has 4 nitrogen and oxygen atoms in total. The molecule has 0 bridgehead atoms.